The van der Waals surface area contributed by atoms with Crippen LogP contribution in [0.3, 0.4) is 0 Å². The lowest BCUT2D eigenvalue weighted by Gasteiger charge is -2.29. The SMILES string of the molecule is CCCOP(N=P(NP(OCCC)Oc1cccc(C)c1)(OCCC)Oc1cccc(C)c1)Oc1cccc(C)c1. The van der Waals surface area contributed by atoms with Crippen molar-refractivity contribution >= 4 is 24.7 Å². The molecular weight excluding hydrogens is 577 g/mol. The van der Waals surface area contributed by atoms with E-state index in [4.69, 9.17) is 31.7 Å². The summed E-state index contributed by atoms with van der Waals surface area (Å²) in [6.45, 7) is 13.6. The van der Waals surface area contributed by atoms with E-state index < -0.39 is 24.7 Å². The molecule has 11 heteroatoms. The van der Waals surface area contributed by atoms with E-state index >= 15 is 0 Å². The summed E-state index contributed by atoms with van der Waals surface area (Å²) in [6.07, 6.45) is 2.38. The Bertz CT molecular complexity index is 1260. The van der Waals surface area contributed by atoms with E-state index in [0.717, 1.165) is 36.0 Å². The number of hydrogen-bond acceptors (Lipinski definition) is 7. The second kappa shape index (κ2) is 17.8. The highest BCUT2D eigenvalue weighted by atomic mass is 31.3. The van der Waals surface area contributed by atoms with Crippen molar-refractivity contribution < 1.29 is 27.1 Å². The Morgan fingerprint density at radius 3 is 1.73 bits per heavy atom. The Labute approximate surface area is 248 Å². The molecule has 0 spiro atoms. The quantitative estimate of drug-likeness (QED) is 0.142. The molecule has 0 heterocycles. The zero-order valence-corrected chi connectivity index (χ0v) is 27.6. The fourth-order valence-electron chi connectivity index (χ4n) is 3.39. The summed E-state index contributed by atoms with van der Waals surface area (Å²) < 4.78 is 43.2. The molecule has 41 heavy (non-hydrogen) atoms. The van der Waals surface area contributed by atoms with Crippen LogP contribution in [0.1, 0.15) is 56.7 Å². The van der Waals surface area contributed by atoms with Gasteiger partial charge in [0.1, 0.15) is 17.2 Å². The predicted molar refractivity (Wildman–Crippen MR) is 170 cm³/mol. The largest absolute Gasteiger partial charge is 0.436 e. The molecule has 0 fully saturated rings. The Hall–Kier alpha value is -2.01. The van der Waals surface area contributed by atoms with Gasteiger partial charge in [0.15, 0.2) is 0 Å². The minimum atomic E-state index is -3.31. The Morgan fingerprint density at radius 2 is 1.17 bits per heavy atom. The molecule has 3 aromatic rings. The summed E-state index contributed by atoms with van der Waals surface area (Å²) in [5.41, 5.74) is 3.21. The molecule has 3 unspecified atom stereocenters. The lowest BCUT2D eigenvalue weighted by Crippen LogP contribution is -2.17. The van der Waals surface area contributed by atoms with Crippen molar-refractivity contribution in [1.29, 1.82) is 0 Å². The van der Waals surface area contributed by atoms with Gasteiger partial charge in [0.05, 0.1) is 19.8 Å². The first-order chi connectivity index (χ1) is 19.8. The number of hydrogen-bond donors (Lipinski definition) is 1. The Kier molecular flexibility index (Phi) is 14.6. The molecule has 0 aliphatic rings. The van der Waals surface area contributed by atoms with Gasteiger partial charge in [-0.25, -0.2) is 0 Å². The van der Waals surface area contributed by atoms with Gasteiger partial charge in [-0.3, -0.25) is 0 Å². The molecule has 1 N–H and O–H groups in total. The van der Waals surface area contributed by atoms with Crippen molar-refractivity contribution in [1.82, 2.24) is 4.86 Å². The van der Waals surface area contributed by atoms with Gasteiger partial charge >= 0.3 is 24.7 Å². The third-order valence-corrected chi connectivity index (χ3v) is 11.0. The predicted octanol–water partition coefficient (Wildman–Crippen LogP) is 10.4. The van der Waals surface area contributed by atoms with E-state index in [1.54, 1.807) is 0 Å². The molecule has 0 aliphatic heterocycles. The summed E-state index contributed by atoms with van der Waals surface area (Å²) in [7, 11) is -6.84. The summed E-state index contributed by atoms with van der Waals surface area (Å²) in [5.74, 6) is 1.97. The fraction of sp³-hybridized carbons (Fsp3) is 0.400. The van der Waals surface area contributed by atoms with Gasteiger partial charge in [0.2, 0.25) is 0 Å². The second-order valence-electron chi connectivity index (χ2n) is 9.43. The summed E-state index contributed by atoms with van der Waals surface area (Å²) in [5, 5.41) is 0. The molecular formula is C30H43N2O6P3. The van der Waals surface area contributed by atoms with Crippen molar-refractivity contribution in [3.63, 3.8) is 0 Å². The van der Waals surface area contributed by atoms with Crippen LogP contribution < -0.4 is 18.4 Å². The topological polar surface area (TPSA) is 79.8 Å². The van der Waals surface area contributed by atoms with E-state index in [1.807, 2.05) is 107 Å². The van der Waals surface area contributed by atoms with E-state index in [2.05, 4.69) is 11.8 Å². The van der Waals surface area contributed by atoms with E-state index in [-0.39, 0.29) is 0 Å². The highest BCUT2D eigenvalue weighted by Gasteiger charge is 2.34. The maximum Gasteiger partial charge on any atom is 0.377 e. The van der Waals surface area contributed by atoms with E-state index in [9.17, 15) is 0 Å². The fourth-order valence-corrected chi connectivity index (χ4v) is 9.27. The van der Waals surface area contributed by atoms with Crippen molar-refractivity contribution in [2.75, 3.05) is 19.8 Å². The summed E-state index contributed by atoms with van der Waals surface area (Å²) >= 11 is 0. The maximum absolute atomic E-state index is 6.65. The molecule has 0 aliphatic carbocycles. The first-order valence-corrected chi connectivity index (χ1v) is 17.9. The number of rotatable bonds is 18. The first-order valence-electron chi connectivity index (χ1n) is 14.0. The van der Waals surface area contributed by atoms with E-state index in [1.165, 1.54) is 0 Å². The highest BCUT2D eigenvalue weighted by Crippen LogP contribution is 2.62. The van der Waals surface area contributed by atoms with Crippen molar-refractivity contribution in [3.05, 3.63) is 89.5 Å². The minimum absolute atomic E-state index is 0.402. The minimum Gasteiger partial charge on any atom is -0.436 e. The van der Waals surface area contributed by atoms with Crippen LogP contribution in [0.4, 0.5) is 0 Å². The molecule has 3 aromatic carbocycles. The zero-order chi connectivity index (χ0) is 29.5. The number of nitrogens with zero attached hydrogens (tertiary/aromatic N) is 1. The van der Waals surface area contributed by atoms with Crippen LogP contribution in [0.15, 0.2) is 77.3 Å². The summed E-state index contributed by atoms with van der Waals surface area (Å²) in [6, 6.07) is 23.5. The third kappa shape index (κ3) is 12.0. The average Bonchev–Trinajstić information content (AvgIpc) is 2.93. The van der Waals surface area contributed by atoms with E-state index in [0.29, 0.717) is 37.1 Å². The molecule has 0 amide bonds. The third-order valence-electron chi connectivity index (χ3n) is 5.26. The molecule has 0 saturated heterocycles. The standard InChI is InChI=1S/C30H43N2O6P3/c1-7-19-33-39(36-28-16-10-13-25(4)22-28)31-41(35-21-9-3,38-30-18-12-15-27(6)24-30)32-40(34-20-8-2)37-29-17-11-14-26(5)23-29/h10-18,22-24,31H,7-9,19-21H2,1-6H3. The molecule has 8 nitrogen and oxygen atoms in total. The van der Waals surface area contributed by atoms with Crippen LogP contribution >= 0.6 is 24.7 Å². The van der Waals surface area contributed by atoms with Gasteiger partial charge in [-0.15, -0.1) is 9.37 Å². The number of benzene rings is 3. The monoisotopic (exact) mass is 620 g/mol. The first kappa shape index (κ1) is 33.5. The highest BCUT2D eigenvalue weighted by molar-refractivity contribution is 7.70. The lowest BCUT2D eigenvalue weighted by molar-refractivity contribution is 0.286. The lowest BCUT2D eigenvalue weighted by atomic mass is 10.2. The van der Waals surface area contributed by atoms with Crippen molar-refractivity contribution in [2.24, 2.45) is 4.52 Å². The molecule has 0 aromatic heterocycles. The van der Waals surface area contributed by atoms with Crippen molar-refractivity contribution in [2.45, 2.75) is 60.8 Å². The Balaban J connectivity index is 2.09. The zero-order valence-electron chi connectivity index (χ0n) is 24.9. The maximum atomic E-state index is 6.65. The molecule has 224 valence electrons. The van der Waals surface area contributed by atoms with Gasteiger partial charge < -0.3 is 27.1 Å². The van der Waals surface area contributed by atoms with Crippen LogP contribution in [0.5, 0.6) is 17.2 Å². The van der Waals surface area contributed by atoms with Crippen LogP contribution in [0.2, 0.25) is 0 Å². The second-order valence-corrected chi connectivity index (χ2v) is 14.3. The number of aryl methyl sites for hydroxylation is 3. The van der Waals surface area contributed by atoms with Gasteiger partial charge in [0.25, 0.3) is 0 Å². The van der Waals surface area contributed by atoms with Gasteiger partial charge in [0, 0.05) is 0 Å². The smallest absolute Gasteiger partial charge is 0.377 e. The van der Waals surface area contributed by atoms with Gasteiger partial charge in [-0.05, 0) is 93.1 Å². The van der Waals surface area contributed by atoms with Crippen LogP contribution in [-0.4, -0.2) is 19.8 Å². The molecule has 0 bridgehead atoms. The van der Waals surface area contributed by atoms with Crippen LogP contribution in [-0.2, 0) is 13.6 Å². The molecule has 3 rings (SSSR count). The van der Waals surface area contributed by atoms with Crippen molar-refractivity contribution in [3.8, 4) is 17.2 Å². The van der Waals surface area contributed by atoms with Gasteiger partial charge in [-0.1, -0.05) is 57.2 Å². The molecule has 0 saturated carbocycles. The summed E-state index contributed by atoms with van der Waals surface area (Å²) in [4.78, 5) is 3.45. The molecule has 0 radical (unpaired) electrons. The molecule has 3 atom stereocenters. The average molecular weight is 621 g/mol. The number of nitrogens with one attached hydrogen (secondary N) is 1. The van der Waals surface area contributed by atoms with Crippen LogP contribution in [0, 0.1) is 20.8 Å². The van der Waals surface area contributed by atoms with Gasteiger partial charge in [-0.2, -0.15) is 0 Å². The van der Waals surface area contributed by atoms with Crippen LogP contribution in [0.25, 0.3) is 0 Å². The normalized spacial score (nSPS) is 14.1. The Morgan fingerprint density at radius 1 is 0.659 bits per heavy atom.